The molecule has 0 amide bonds. The fourth-order valence-corrected chi connectivity index (χ4v) is 5.56. The molecular weight excluding hydrogens is 492 g/mol. The van der Waals surface area contributed by atoms with Gasteiger partial charge >= 0.3 is 0 Å². The highest BCUT2D eigenvalue weighted by atomic mass is 16.3. The molecule has 1 atom stereocenters. The third-order valence-electron chi connectivity index (χ3n) is 7.77. The Labute approximate surface area is 227 Å². The van der Waals surface area contributed by atoms with Crippen LogP contribution in [0.1, 0.15) is 31.0 Å². The summed E-state index contributed by atoms with van der Waals surface area (Å²) >= 11 is 0. The summed E-state index contributed by atoms with van der Waals surface area (Å²) in [5, 5.41) is 14.7. The molecule has 1 aromatic carbocycles. The third kappa shape index (κ3) is 4.70. The molecule has 2 N–H and O–H groups in total. The number of hydrogen-bond acceptors (Lipinski definition) is 8. The highest BCUT2D eigenvalue weighted by molar-refractivity contribution is 5.77. The number of anilines is 3. The van der Waals surface area contributed by atoms with Crippen molar-refractivity contribution in [1.29, 1.82) is 0 Å². The Balaban J connectivity index is 1.36. The molecule has 1 saturated heterocycles. The van der Waals surface area contributed by atoms with Crippen LogP contribution < -0.4 is 15.8 Å². The Morgan fingerprint density at radius 2 is 1.87 bits per heavy atom. The van der Waals surface area contributed by atoms with Gasteiger partial charge in [0.15, 0.2) is 11.5 Å². The van der Waals surface area contributed by atoms with Gasteiger partial charge in [0, 0.05) is 43.8 Å². The number of likely N-dealkylation sites (N-methyl/N-ethyl adjacent to an activating group) is 1. The minimum Gasteiger partial charge on any atom is -0.384 e. The highest BCUT2D eigenvalue weighted by Crippen LogP contribution is 2.34. The molecule has 0 bridgehead atoms. The van der Waals surface area contributed by atoms with Gasteiger partial charge < -0.3 is 20.2 Å². The first kappa shape index (κ1) is 25.3. The number of aryl methyl sites for hydroxylation is 1. The molecule has 10 heteroatoms. The summed E-state index contributed by atoms with van der Waals surface area (Å²) in [5.74, 6) is 0.898. The molecule has 0 radical (unpaired) electrons. The minimum absolute atomic E-state index is 0.223. The number of piperazine rings is 1. The Morgan fingerprint density at radius 3 is 2.62 bits per heavy atom. The van der Waals surface area contributed by atoms with E-state index in [2.05, 4.69) is 45.9 Å². The van der Waals surface area contributed by atoms with Gasteiger partial charge in [-0.15, -0.1) is 6.58 Å². The first-order chi connectivity index (χ1) is 18.8. The fourth-order valence-electron chi connectivity index (χ4n) is 5.56. The van der Waals surface area contributed by atoms with Crippen molar-refractivity contribution in [3.63, 3.8) is 0 Å². The molecule has 0 saturated carbocycles. The van der Waals surface area contributed by atoms with Crippen LogP contribution in [0.4, 0.5) is 17.3 Å². The molecule has 1 fully saturated rings. The smallest absolute Gasteiger partial charge is 0.278 e. The highest BCUT2D eigenvalue weighted by Gasteiger charge is 2.32. The summed E-state index contributed by atoms with van der Waals surface area (Å²) in [4.78, 5) is 32.1. The first-order valence-corrected chi connectivity index (χ1v) is 13.5. The van der Waals surface area contributed by atoms with Gasteiger partial charge in [-0.25, -0.2) is 19.3 Å². The number of aliphatic hydroxyl groups is 1. The van der Waals surface area contributed by atoms with E-state index in [0.717, 1.165) is 50.3 Å². The van der Waals surface area contributed by atoms with Crippen LogP contribution in [0, 0.1) is 0 Å². The maximum Gasteiger partial charge on any atom is 0.278 e. The zero-order chi connectivity index (χ0) is 27.1. The maximum atomic E-state index is 13.3. The quantitative estimate of drug-likeness (QED) is 0.369. The van der Waals surface area contributed by atoms with Crippen molar-refractivity contribution >= 4 is 28.4 Å². The van der Waals surface area contributed by atoms with E-state index in [4.69, 9.17) is 9.97 Å². The molecule has 3 aromatic heterocycles. The maximum absolute atomic E-state index is 13.3. The number of benzene rings is 1. The first-order valence-electron chi connectivity index (χ1n) is 13.5. The van der Waals surface area contributed by atoms with E-state index >= 15 is 0 Å². The Bertz CT molecular complexity index is 1580. The predicted molar refractivity (Wildman–Crippen MR) is 153 cm³/mol. The van der Waals surface area contributed by atoms with Crippen molar-refractivity contribution in [2.45, 2.75) is 38.3 Å². The van der Waals surface area contributed by atoms with Crippen molar-refractivity contribution in [2.75, 3.05) is 43.4 Å². The van der Waals surface area contributed by atoms with Gasteiger partial charge in [0.1, 0.15) is 11.0 Å². The fraction of sp³-hybridized carbons (Fsp3) is 0.379. The van der Waals surface area contributed by atoms with Crippen molar-refractivity contribution in [1.82, 2.24) is 29.2 Å². The molecule has 1 unspecified atom stereocenters. The van der Waals surface area contributed by atoms with Gasteiger partial charge in [0.05, 0.1) is 12.2 Å². The second-order valence-electron chi connectivity index (χ2n) is 10.7. The molecule has 4 heterocycles. The molecular formula is C29H34N8O2. The van der Waals surface area contributed by atoms with E-state index in [1.54, 1.807) is 28.6 Å². The molecule has 10 nitrogen and oxygen atoms in total. The van der Waals surface area contributed by atoms with Crippen LogP contribution in [0.2, 0.25) is 0 Å². The van der Waals surface area contributed by atoms with Crippen molar-refractivity contribution < 1.29 is 5.11 Å². The average Bonchev–Trinajstić information content (AvgIpc) is 3.20. The van der Waals surface area contributed by atoms with E-state index in [1.807, 2.05) is 24.3 Å². The lowest BCUT2D eigenvalue weighted by Gasteiger charge is -2.34. The van der Waals surface area contributed by atoms with Gasteiger partial charge in [0.2, 0.25) is 5.95 Å². The van der Waals surface area contributed by atoms with Crippen molar-refractivity contribution in [2.24, 2.45) is 0 Å². The Kier molecular flexibility index (Phi) is 6.44. The van der Waals surface area contributed by atoms with Gasteiger partial charge in [-0.1, -0.05) is 12.1 Å². The van der Waals surface area contributed by atoms with Gasteiger partial charge in [-0.2, -0.15) is 4.98 Å². The van der Waals surface area contributed by atoms with Crippen molar-refractivity contribution in [3.8, 4) is 5.82 Å². The molecule has 2 aliphatic rings. The number of rotatable bonds is 6. The normalized spacial score (nSPS) is 19.7. The van der Waals surface area contributed by atoms with Crippen LogP contribution in [0.5, 0.6) is 0 Å². The number of fused-ring (bicyclic) bond motifs is 2. The van der Waals surface area contributed by atoms with E-state index in [0.29, 0.717) is 34.9 Å². The second kappa shape index (κ2) is 9.94. The van der Waals surface area contributed by atoms with Crippen LogP contribution >= 0.6 is 0 Å². The van der Waals surface area contributed by atoms with Gasteiger partial charge in [0.25, 0.3) is 5.56 Å². The number of nitrogens with one attached hydrogen (secondary N) is 1. The lowest BCUT2D eigenvalue weighted by atomic mass is 9.84. The van der Waals surface area contributed by atoms with E-state index in [9.17, 15) is 9.90 Å². The lowest BCUT2D eigenvalue weighted by Crippen LogP contribution is -2.44. The average molecular weight is 527 g/mol. The van der Waals surface area contributed by atoms with E-state index in [1.165, 1.54) is 5.69 Å². The molecule has 0 spiro atoms. The molecule has 1 aliphatic carbocycles. The molecule has 39 heavy (non-hydrogen) atoms. The monoisotopic (exact) mass is 526 g/mol. The zero-order valence-electron chi connectivity index (χ0n) is 22.5. The van der Waals surface area contributed by atoms with E-state index < -0.39 is 5.60 Å². The SMILES string of the molecule is C=CCn1c(=O)c2cnc(Nc3ccc(N4CCN(C)CC4)cc3)nc2n1-c1ccc2c(n1)C(C)(O)CCC2. The molecule has 1 aliphatic heterocycles. The van der Waals surface area contributed by atoms with Crippen molar-refractivity contribution in [3.05, 3.63) is 76.9 Å². The van der Waals surface area contributed by atoms with Crippen LogP contribution in [-0.2, 0) is 18.6 Å². The number of pyridine rings is 1. The van der Waals surface area contributed by atoms with Crippen LogP contribution in [0.3, 0.4) is 0 Å². The van der Waals surface area contributed by atoms with Gasteiger partial charge in [-0.05, 0) is 69.1 Å². The molecule has 4 aromatic rings. The summed E-state index contributed by atoms with van der Waals surface area (Å²) < 4.78 is 3.25. The number of allylic oxidation sites excluding steroid dienone is 1. The number of aromatic nitrogens is 5. The Hall–Kier alpha value is -4.02. The number of nitrogens with zero attached hydrogens (tertiary/aromatic N) is 7. The van der Waals surface area contributed by atoms with Crippen LogP contribution in [0.15, 0.2) is 60.0 Å². The third-order valence-corrected chi connectivity index (χ3v) is 7.77. The predicted octanol–water partition coefficient (Wildman–Crippen LogP) is 3.20. The lowest BCUT2D eigenvalue weighted by molar-refractivity contribution is 0.0339. The molecule has 6 rings (SSSR count). The summed E-state index contributed by atoms with van der Waals surface area (Å²) in [7, 11) is 2.15. The van der Waals surface area contributed by atoms with E-state index in [-0.39, 0.29) is 12.1 Å². The standard InChI is InChI=1S/C29H34N8O2/c1-4-14-36-27(38)23-19-30-28(31-21-8-10-22(11-9-21)35-17-15-34(3)16-18-35)33-26(23)37(36)24-12-7-20-6-5-13-29(2,39)25(20)32-24/h4,7-12,19,39H,1,5-6,13-18H2,2-3H3,(H,30,31,33). The summed E-state index contributed by atoms with van der Waals surface area (Å²) in [5.41, 5.74) is 2.92. The summed E-state index contributed by atoms with van der Waals surface area (Å²) in [6, 6.07) is 12.1. The van der Waals surface area contributed by atoms with Gasteiger partial charge in [-0.3, -0.25) is 4.79 Å². The topological polar surface area (TPSA) is 104 Å². The van der Waals surface area contributed by atoms with Crippen LogP contribution in [-0.4, -0.2) is 67.5 Å². The molecule has 202 valence electrons. The Morgan fingerprint density at radius 1 is 1.10 bits per heavy atom. The minimum atomic E-state index is -1.02. The summed E-state index contributed by atoms with van der Waals surface area (Å²) in [6.45, 7) is 10.0. The summed E-state index contributed by atoms with van der Waals surface area (Å²) in [6.07, 6.45) is 5.64. The number of hydrogen-bond donors (Lipinski definition) is 2. The second-order valence-corrected chi connectivity index (χ2v) is 10.7. The van der Waals surface area contributed by atoms with Crippen LogP contribution in [0.25, 0.3) is 16.9 Å². The zero-order valence-corrected chi connectivity index (χ0v) is 22.5. The largest absolute Gasteiger partial charge is 0.384 e.